The van der Waals surface area contributed by atoms with Crippen molar-refractivity contribution in [3.05, 3.63) is 113 Å². The van der Waals surface area contributed by atoms with Gasteiger partial charge in [-0.1, -0.05) is 56.3 Å². The van der Waals surface area contributed by atoms with Crippen LogP contribution in [0.25, 0.3) is 0 Å². The fourth-order valence-electron chi connectivity index (χ4n) is 5.06. The maximum absolute atomic E-state index is 13.6. The largest absolute Gasteiger partial charge is 0.489 e. The number of nitrogens with one attached hydrogen (secondary N) is 1. The lowest BCUT2D eigenvalue weighted by Crippen LogP contribution is -2.49. The number of rotatable bonds is 6. The Morgan fingerprint density at radius 3 is 2.66 bits per heavy atom. The second kappa shape index (κ2) is 9.94. The summed E-state index contributed by atoms with van der Waals surface area (Å²) in [4.78, 5) is 26.5. The second-order valence-electron chi connectivity index (χ2n) is 10.2. The van der Waals surface area contributed by atoms with Gasteiger partial charge in [0, 0.05) is 12.0 Å². The molecule has 1 aromatic heterocycles. The molecular weight excluding hydrogens is 480 g/mol. The fourth-order valence-corrected chi connectivity index (χ4v) is 5.06. The topological polar surface area (TPSA) is 122 Å². The Hall–Kier alpha value is -4.77. The van der Waals surface area contributed by atoms with E-state index < -0.39 is 11.8 Å². The number of hydrazine groups is 1. The number of furan rings is 1. The molecule has 3 N–H and O–H groups in total. The zero-order valence-corrected chi connectivity index (χ0v) is 21.2. The number of carbonyl (C=O) groups excluding carboxylic acids is 2. The number of hydrogen-bond acceptors (Lipinski definition) is 7. The van der Waals surface area contributed by atoms with Crippen LogP contribution in [0.2, 0.25) is 0 Å². The molecule has 5 rings (SSSR count). The van der Waals surface area contributed by atoms with Crippen molar-refractivity contribution in [2.24, 2.45) is 11.1 Å². The summed E-state index contributed by atoms with van der Waals surface area (Å²) in [6.07, 6.45) is 2.18. The van der Waals surface area contributed by atoms with Gasteiger partial charge in [-0.15, -0.1) is 0 Å². The Labute approximate surface area is 221 Å². The van der Waals surface area contributed by atoms with Gasteiger partial charge in [0.2, 0.25) is 0 Å². The number of carbonyl (C=O) groups is 2. The number of Topliss-reactive ketones (excluding diaryl/α,β-unsaturated/α-hetero) is 1. The van der Waals surface area contributed by atoms with Crippen molar-refractivity contribution < 1.29 is 18.7 Å². The van der Waals surface area contributed by atoms with Gasteiger partial charge in [0.1, 0.15) is 18.2 Å². The molecular formula is C30H28N4O4. The van der Waals surface area contributed by atoms with Gasteiger partial charge >= 0.3 is 5.91 Å². The molecule has 2 aromatic carbocycles. The highest BCUT2D eigenvalue weighted by Gasteiger charge is 2.45. The van der Waals surface area contributed by atoms with Crippen LogP contribution < -0.4 is 15.9 Å². The summed E-state index contributed by atoms with van der Waals surface area (Å²) in [6.45, 7) is 4.37. The SMILES string of the molecule is CC1(C)CC(=O)C2=C(C1)N(NC(=O)c1ccco1)C(N)=C(C#N)C2c1cccc(OCc2ccccc2)c1. The zero-order valence-electron chi connectivity index (χ0n) is 21.2. The first kappa shape index (κ1) is 24.9. The van der Waals surface area contributed by atoms with E-state index in [0.29, 0.717) is 42.0 Å². The Kier molecular flexibility index (Phi) is 6.52. The number of benzene rings is 2. The van der Waals surface area contributed by atoms with Gasteiger partial charge in [-0.3, -0.25) is 15.0 Å². The molecule has 0 saturated carbocycles. The normalized spacial score (nSPS) is 18.6. The van der Waals surface area contributed by atoms with Gasteiger partial charge in [-0.2, -0.15) is 5.26 Å². The second-order valence-corrected chi connectivity index (χ2v) is 10.2. The molecule has 0 spiro atoms. The highest BCUT2D eigenvalue weighted by Crippen LogP contribution is 2.48. The van der Waals surface area contributed by atoms with Crippen LogP contribution in [-0.4, -0.2) is 16.7 Å². The van der Waals surface area contributed by atoms with Gasteiger partial charge < -0.3 is 14.9 Å². The van der Waals surface area contributed by atoms with E-state index in [1.165, 1.54) is 17.3 Å². The van der Waals surface area contributed by atoms with E-state index in [0.717, 1.165) is 5.56 Å². The molecule has 38 heavy (non-hydrogen) atoms. The quantitative estimate of drug-likeness (QED) is 0.484. The minimum Gasteiger partial charge on any atom is -0.489 e. The van der Waals surface area contributed by atoms with Gasteiger partial charge in [-0.25, -0.2) is 5.01 Å². The van der Waals surface area contributed by atoms with Crippen LogP contribution in [0.15, 0.2) is 100 Å². The van der Waals surface area contributed by atoms with E-state index in [9.17, 15) is 14.9 Å². The summed E-state index contributed by atoms with van der Waals surface area (Å²) in [5, 5.41) is 11.6. The predicted octanol–water partition coefficient (Wildman–Crippen LogP) is 4.94. The number of nitrogens with two attached hydrogens (primary N) is 1. The molecule has 1 amide bonds. The lowest BCUT2D eigenvalue weighted by molar-refractivity contribution is -0.118. The molecule has 1 aliphatic carbocycles. The maximum Gasteiger partial charge on any atom is 0.305 e. The van der Waals surface area contributed by atoms with Gasteiger partial charge in [0.05, 0.1) is 29.5 Å². The molecule has 2 aliphatic rings. The molecule has 1 atom stereocenters. The summed E-state index contributed by atoms with van der Waals surface area (Å²) < 4.78 is 11.2. The predicted molar refractivity (Wildman–Crippen MR) is 140 cm³/mol. The molecule has 0 radical (unpaired) electrons. The number of amides is 1. The zero-order chi connectivity index (χ0) is 26.9. The van der Waals surface area contributed by atoms with Crippen LogP contribution in [0.3, 0.4) is 0 Å². The first-order valence-corrected chi connectivity index (χ1v) is 12.3. The number of nitriles is 1. The van der Waals surface area contributed by atoms with Crippen LogP contribution in [0, 0.1) is 16.7 Å². The van der Waals surface area contributed by atoms with Crippen LogP contribution in [0.5, 0.6) is 5.75 Å². The molecule has 8 nitrogen and oxygen atoms in total. The number of ketones is 1. The van der Waals surface area contributed by atoms with Crippen molar-refractivity contribution in [1.82, 2.24) is 10.4 Å². The van der Waals surface area contributed by atoms with Crippen molar-refractivity contribution in [3.8, 4) is 11.8 Å². The third-order valence-corrected chi connectivity index (χ3v) is 6.78. The van der Waals surface area contributed by atoms with Gasteiger partial charge in [-0.05, 0) is 47.2 Å². The van der Waals surface area contributed by atoms with Crippen LogP contribution >= 0.6 is 0 Å². The minimum absolute atomic E-state index is 0.0669. The van der Waals surface area contributed by atoms with Crippen molar-refractivity contribution in [3.63, 3.8) is 0 Å². The van der Waals surface area contributed by atoms with E-state index in [2.05, 4.69) is 11.5 Å². The third kappa shape index (κ3) is 4.78. The molecule has 1 aliphatic heterocycles. The smallest absolute Gasteiger partial charge is 0.305 e. The van der Waals surface area contributed by atoms with E-state index in [-0.39, 0.29) is 28.4 Å². The molecule has 0 bridgehead atoms. The van der Waals surface area contributed by atoms with Gasteiger partial charge in [0.15, 0.2) is 11.5 Å². The van der Waals surface area contributed by atoms with Crippen molar-refractivity contribution >= 4 is 11.7 Å². The van der Waals surface area contributed by atoms with E-state index in [1.54, 1.807) is 6.07 Å². The summed E-state index contributed by atoms with van der Waals surface area (Å²) in [5.74, 6) is -0.540. The average Bonchev–Trinajstić information content (AvgIpc) is 3.44. The molecule has 0 saturated heterocycles. The molecule has 8 heteroatoms. The lowest BCUT2D eigenvalue weighted by atomic mass is 9.69. The van der Waals surface area contributed by atoms with E-state index >= 15 is 0 Å². The summed E-state index contributed by atoms with van der Waals surface area (Å²) in [5.41, 5.74) is 11.9. The molecule has 1 unspecified atom stereocenters. The summed E-state index contributed by atoms with van der Waals surface area (Å²) in [6, 6.07) is 22.5. The van der Waals surface area contributed by atoms with Crippen molar-refractivity contribution in [1.29, 1.82) is 5.26 Å². The van der Waals surface area contributed by atoms with Crippen LogP contribution in [0.1, 0.15) is 54.3 Å². The molecule has 3 aromatic rings. The lowest BCUT2D eigenvalue weighted by Gasteiger charge is -2.43. The summed E-state index contributed by atoms with van der Waals surface area (Å²) >= 11 is 0. The number of ether oxygens (including phenoxy) is 1. The molecule has 192 valence electrons. The highest BCUT2D eigenvalue weighted by molar-refractivity contribution is 6.00. The first-order chi connectivity index (χ1) is 18.3. The van der Waals surface area contributed by atoms with E-state index in [4.69, 9.17) is 14.9 Å². The average molecular weight is 509 g/mol. The van der Waals surface area contributed by atoms with Gasteiger partial charge in [0.25, 0.3) is 0 Å². The summed E-state index contributed by atoms with van der Waals surface area (Å²) in [7, 11) is 0. The number of hydrogen-bond donors (Lipinski definition) is 2. The Bertz CT molecular complexity index is 1480. The standard InChI is InChI=1S/C30H28N4O4/c1-30(2)15-23-27(24(35)16-30)26(20-10-6-11-21(14-20)38-18-19-8-4-3-5-9-19)22(17-31)28(32)34(23)33-29(36)25-12-7-13-37-25/h3-14,26H,15-16,18,32H2,1-2H3,(H,33,36). The fraction of sp³-hybridized carbons (Fsp3) is 0.233. The monoisotopic (exact) mass is 508 g/mol. The first-order valence-electron chi connectivity index (χ1n) is 12.3. The molecule has 2 heterocycles. The number of nitrogens with zero attached hydrogens (tertiary/aromatic N) is 2. The van der Waals surface area contributed by atoms with Crippen molar-refractivity contribution in [2.45, 2.75) is 39.2 Å². The van der Waals surface area contributed by atoms with E-state index in [1.807, 2.05) is 68.4 Å². The van der Waals surface area contributed by atoms with Crippen LogP contribution in [-0.2, 0) is 11.4 Å². The minimum atomic E-state index is -0.685. The number of allylic oxidation sites excluding steroid dienone is 3. The third-order valence-electron chi connectivity index (χ3n) is 6.78. The Balaban J connectivity index is 1.55. The maximum atomic E-state index is 13.6. The van der Waals surface area contributed by atoms with Crippen LogP contribution in [0.4, 0.5) is 0 Å². The Morgan fingerprint density at radius 2 is 1.95 bits per heavy atom. The Morgan fingerprint density at radius 1 is 1.16 bits per heavy atom. The highest BCUT2D eigenvalue weighted by atomic mass is 16.5. The van der Waals surface area contributed by atoms with Crippen molar-refractivity contribution in [2.75, 3.05) is 0 Å². The molecule has 0 fully saturated rings.